The maximum Gasteiger partial charge on any atom is 0.228 e. The highest BCUT2D eigenvalue weighted by Gasteiger charge is 2.30. The molecule has 2 aromatic rings. The number of carbonyl (C=O) groups excluding carboxylic acids is 2. The molecule has 2 atom stereocenters. The number of anilines is 1. The molecule has 2 amide bonds. The van der Waals surface area contributed by atoms with Crippen molar-refractivity contribution < 1.29 is 9.59 Å². The number of fused-ring (bicyclic) bond motifs is 1. The van der Waals surface area contributed by atoms with E-state index < -0.39 is 5.92 Å². The van der Waals surface area contributed by atoms with E-state index in [1.54, 1.807) is 11.3 Å². The summed E-state index contributed by atoms with van der Waals surface area (Å²) in [6.07, 6.45) is 0.189. The highest BCUT2D eigenvalue weighted by molar-refractivity contribution is 7.10. The molecule has 2 N–H and O–H groups in total. The fourth-order valence-electron chi connectivity index (χ4n) is 2.98. The van der Waals surface area contributed by atoms with Gasteiger partial charge < -0.3 is 15.5 Å². The molecule has 5 nitrogen and oxygen atoms in total. The Labute approximate surface area is 145 Å². The monoisotopic (exact) mass is 343 g/mol. The van der Waals surface area contributed by atoms with Crippen molar-refractivity contribution in [2.75, 3.05) is 26.0 Å². The third kappa shape index (κ3) is 3.49. The fraction of sp³-hybridized carbons (Fsp3) is 0.333. The van der Waals surface area contributed by atoms with Crippen LogP contribution in [0.4, 0.5) is 5.69 Å². The maximum absolute atomic E-state index is 12.7. The molecule has 24 heavy (non-hydrogen) atoms. The second-order valence-corrected chi connectivity index (χ2v) is 7.11. The van der Waals surface area contributed by atoms with Gasteiger partial charge in [0.25, 0.3) is 0 Å². The van der Waals surface area contributed by atoms with Gasteiger partial charge in [-0.3, -0.25) is 9.59 Å². The Morgan fingerprint density at radius 3 is 2.83 bits per heavy atom. The molecular weight excluding hydrogens is 322 g/mol. The smallest absolute Gasteiger partial charge is 0.228 e. The first-order valence-electron chi connectivity index (χ1n) is 7.92. The molecule has 0 fully saturated rings. The highest BCUT2D eigenvalue weighted by Crippen LogP contribution is 2.32. The van der Waals surface area contributed by atoms with Gasteiger partial charge in [0.05, 0.1) is 12.0 Å². The summed E-state index contributed by atoms with van der Waals surface area (Å²) in [5.74, 6) is -0.641. The van der Waals surface area contributed by atoms with Crippen molar-refractivity contribution in [1.29, 1.82) is 0 Å². The quantitative estimate of drug-likeness (QED) is 0.877. The van der Waals surface area contributed by atoms with E-state index in [4.69, 9.17) is 0 Å². The molecular formula is C18H21N3O2S. The molecule has 1 aromatic heterocycles. The van der Waals surface area contributed by atoms with Crippen LogP contribution >= 0.6 is 11.3 Å². The van der Waals surface area contributed by atoms with Crippen LogP contribution in [-0.2, 0) is 9.59 Å². The van der Waals surface area contributed by atoms with E-state index in [2.05, 4.69) is 21.6 Å². The van der Waals surface area contributed by atoms with E-state index in [1.165, 1.54) is 4.88 Å². The van der Waals surface area contributed by atoms with Gasteiger partial charge in [-0.1, -0.05) is 24.3 Å². The summed E-state index contributed by atoms with van der Waals surface area (Å²) in [4.78, 5) is 27.9. The van der Waals surface area contributed by atoms with Crippen LogP contribution in [-0.4, -0.2) is 37.4 Å². The minimum Gasteiger partial charge on any atom is -0.354 e. The molecule has 1 aliphatic heterocycles. The van der Waals surface area contributed by atoms with Crippen LogP contribution in [0.5, 0.6) is 0 Å². The van der Waals surface area contributed by atoms with Gasteiger partial charge in [0, 0.05) is 23.5 Å². The molecule has 1 aromatic carbocycles. The maximum atomic E-state index is 12.7. The summed E-state index contributed by atoms with van der Waals surface area (Å²) in [6.45, 7) is 0.520. The number of para-hydroxylation sites is 1. The number of amides is 2. The lowest BCUT2D eigenvalue weighted by Crippen LogP contribution is -2.39. The molecule has 3 rings (SSSR count). The number of nitrogens with one attached hydrogen (secondary N) is 2. The first-order valence-corrected chi connectivity index (χ1v) is 8.80. The number of hydrogen-bond acceptors (Lipinski definition) is 4. The van der Waals surface area contributed by atoms with Crippen LogP contribution in [0.1, 0.15) is 28.8 Å². The number of rotatable bonds is 5. The minimum absolute atomic E-state index is 0.0966. The molecule has 0 saturated heterocycles. The van der Waals surface area contributed by atoms with E-state index >= 15 is 0 Å². The van der Waals surface area contributed by atoms with Gasteiger partial charge in [-0.05, 0) is 37.2 Å². The second kappa shape index (κ2) is 7.15. The van der Waals surface area contributed by atoms with Gasteiger partial charge in [0.2, 0.25) is 11.8 Å². The Morgan fingerprint density at radius 1 is 1.33 bits per heavy atom. The van der Waals surface area contributed by atoms with E-state index in [1.807, 2.05) is 49.8 Å². The van der Waals surface area contributed by atoms with Crippen molar-refractivity contribution in [3.8, 4) is 0 Å². The van der Waals surface area contributed by atoms with Crippen LogP contribution < -0.4 is 10.6 Å². The zero-order valence-corrected chi connectivity index (χ0v) is 14.6. The molecule has 1 aliphatic rings. The molecule has 0 aliphatic carbocycles. The van der Waals surface area contributed by atoms with Crippen LogP contribution in [0.25, 0.3) is 0 Å². The summed E-state index contributed by atoms with van der Waals surface area (Å²) in [7, 11) is 4.00. The Morgan fingerprint density at radius 2 is 2.12 bits per heavy atom. The Bertz CT molecular complexity index is 728. The van der Waals surface area contributed by atoms with Crippen molar-refractivity contribution in [2.24, 2.45) is 0 Å². The van der Waals surface area contributed by atoms with Crippen molar-refractivity contribution in [3.63, 3.8) is 0 Å². The number of nitrogens with zero attached hydrogens (tertiary/aromatic N) is 1. The van der Waals surface area contributed by atoms with Gasteiger partial charge >= 0.3 is 0 Å². The minimum atomic E-state index is -0.430. The molecule has 2 heterocycles. The largest absolute Gasteiger partial charge is 0.354 e. The molecule has 126 valence electrons. The topological polar surface area (TPSA) is 61.4 Å². The summed E-state index contributed by atoms with van der Waals surface area (Å²) < 4.78 is 0. The second-order valence-electron chi connectivity index (χ2n) is 6.13. The van der Waals surface area contributed by atoms with E-state index in [0.29, 0.717) is 6.54 Å². The number of hydrogen-bond donors (Lipinski definition) is 2. The molecule has 2 unspecified atom stereocenters. The van der Waals surface area contributed by atoms with Crippen LogP contribution in [0.2, 0.25) is 0 Å². The van der Waals surface area contributed by atoms with E-state index in [-0.39, 0.29) is 24.3 Å². The normalized spacial score (nSPS) is 18.0. The van der Waals surface area contributed by atoms with Gasteiger partial charge in [-0.2, -0.15) is 0 Å². The molecule has 0 bridgehead atoms. The Kier molecular flexibility index (Phi) is 4.97. The van der Waals surface area contributed by atoms with Gasteiger partial charge in [0.1, 0.15) is 0 Å². The Hall–Kier alpha value is -2.18. The first kappa shape index (κ1) is 16.7. The van der Waals surface area contributed by atoms with Crippen LogP contribution in [0, 0.1) is 0 Å². The lowest BCUT2D eigenvalue weighted by Gasteiger charge is -2.27. The van der Waals surface area contributed by atoms with E-state index in [0.717, 1.165) is 11.3 Å². The average molecular weight is 343 g/mol. The molecule has 6 heteroatoms. The predicted octanol–water partition coefficient (Wildman–Crippen LogP) is 2.59. The van der Waals surface area contributed by atoms with Crippen LogP contribution in [0.15, 0.2) is 41.8 Å². The summed E-state index contributed by atoms with van der Waals surface area (Å²) in [5.41, 5.74) is 1.61. The van der Waals surface area contributed by atoms with Gasteiger partial charge in [0.15, 0.2) is 0 Å². The molecule has 0 radical (unpaired) electrons. The standard InChI is InChI=1S/C18H21N3O2S/c1-21(2)15(16-8-5-9-24-16)11-19-18(23)13-10-17(22)20-14-7-4-3-6-12(13)14/h3-9,13,15H,10-11H2,1-2H3,(H,19,23)(H,20,22). The van der Waals surface area contributed by atoms with Crippen molar-refractivity contribution in [2.45, 2.75) is 18.4 Å². The Balaban J connectivity index is 1.72. The van der Waals surface area contributed by atoms with Gasteiger partial charge in [-0.25, -0.2) is 0 Å². The number of benzene rings is 1. The highest BCUT2D eigenvalue weighted by atomic mass is 32.1. The lowest BCUT2D eigenvalue weighted by molar-refractivity contribution is -0.126. The number of likely N-dealkylation sites (N-methyl/N-ethyl adjacent to an activating group) is 1. The van der Waals surface area contributed by atoms with Crippen molar-refractivity contribution >= 4 is 28.8 Å². The lowest BCUT2D eigenvalue weighted by atomic mass is 9.90. The SMILES string of the molecule is CN(C)C(CNC(=O)C1CC(=O)Nc2ccccc21)c1cccs1. The number of carbonyl (C=O) groups is 2. The van der Waals surface area contributed by atoms with E-state index in [9.17, 15) is 9.59 Å². The number of thiophene rings is 1. The summed E-state index contributed by atoms with van der Waals surface area (Å²) >= 11 is 1.68. The summed E-state index contributed by atoms with van der Waals surface area (Å²) in [6, 6.07) is 11.7. The third-order valence-electron chi connectivity index (χ3n) is 4.28. The van der Waals surface area contributed by atoms with Crippen LogP contribution in [0.3, 0.4) is 0 Å². The zero-order chi connectivity index (χ0) is 17.1. The van der Waals surface area contributed by atoms with Gasteiger partial charge in [-0.15, -0.1) is 11.3 Å². The van der Waals surface area contributed by atoms with Crippen molar-refractivity contribution in [1.82, 2.24) is 10.2 Å². The third-order valence-corrected chi connectivity index (χ3v) is 5.25. The molecule has 0 spiro atoms. The summed E-state index contributed by atoms with van der Waals surface area (Å²) in [5, 5.41) is 7.89. The predicted molar refractivity (Wildman–Crippen MR) is 96.2 cm³/mol. The van der Waals surface area contributed by atoms with Crippen molar-refractivity contribution in [3.05, 3.63) is 52.2 Å². The zero-order valence-electron chi connectivity index (χ0n) is 13.8. The average Bonchev–Trinajstić information content (AvgIpc) is 3.07. The fourth-order valence-corrected chi connectivity index (χ4v) is 3.91. The first-order chi connectivity index (χ1) is 11.6. The molecule has 0 saturated carbocycles.